The lowest BCUT2D eigenvalue weighted by molar-refractivity contribution is -0.137. The number of carbonyl (C=O) groups is 1. The Hall–Kier alpha value is -3.75. The zero-order valence-corrected chi connectivity index (χ0v) is 15.3. The van der Waals surface area contributed by atoms with E-state index in [1.807, 2.05) is 0 Å². The first-order chi connectivity index (χ1) is 14.4. The molecule has 9 heteroatoms. The van der Waals surface area contributed by atoms with Crippen molar-refractivity contribution in [3.05, 3.63) is 72.0 Å². The minimum atomic E-state index is -4.44. The molecule has 30 heavy (non-hydrogen) atoms. The van der Waals surface area contributed by atoms with Gasteiger partial charge in [0.1, 0.15) is 18.1 Å². The van der Waals surface area contributed by atoms with E-state index in [4.69, 9.17) is 13.9 Å². The van der Waals surface area contributed by atoms with Crippen LogP contribution in [0.15, 0.2) is 70.2 Å². The third-order valence-corrected chi connectivity index (χ3v) is 4.27. The van der Waals surface area contributed by atoms with E-state index < -0.39 is 23.8 Å². The first kappa shape index (κ1) is 19.6. The lowest BCUT2D eigenvalue weighted by atomic mass is 10.1. The second-order valence-electron chi connectivity index (χ2n) is 6.38. The molecular formula is C21H15F3N2O4. The van der Waals surface area contributed by atoms with E-state index in [1.54, 1.807) is 24.3 Å². The van der Waals surface area contributed by atoms with E-state index in [2.05, 4.69) is 10.5 Å². The smallest absolute Gasteiger partial charge is 0.416 e. The summed E-state index contributed by atoms with van der Waals surface area (Å²) < 4.78 is 55.1. The zero-order valence-electron chi connectivity index (χ0n) is 15.3. The van der Waals surface area contributed by atoms with Crippen molar-refractivity contribution in [3.8, 4) is 22.8 Å². The lowest BCUT2D eigenvalue weighted by Gasteiger charge is -2.24. The molecule has 1 atom stereocenters. The van der Waals surface area contributed by atoms with Crippen molar-refractivity contribution in [2.24, 2.45) is 5.10 Å². The molecule has 1 aliphatic heterocycles. The molecule has 0 saturated carbocycles. The summed E-state index contributed by atoms with van der Waals surface area (Å²) in [7, 11) is 0. The largest absolute Gasteiger partial charge is 0.485 e. The second kappa shape index (κ2) is 7.94. The van der Waals surface area contributed by atoms with Crippen LogP contribution in [0.1, 0.15) is 11.3 Å². The minimum absolute atomic E-state index is 0.0405. The van der Waals surface area contributed by atoms with Gasteiger partial charge in [-0.2, -0.15) is 18.3 Å². The summed E-state index contributed by atoms with van der Waals surface area (Å²) in [5, 5.41) is 3.80. The lowest BCUT2D eigenvalue weighted by Crippen LogP contribution is -2.42. The van der Waals surface area contributed by atoms with Crippen molar-refractivity contribution in [2.75, 3.05) is 6.61 Å². The van der Waals surface area contributed by atoms with Crippen LogP contribution in [0, 0.1) is 0 Å². The molecule has 3 aromatic rings. The van der Waals surface area contributed by atoms with Crippen LogP contribution < -0.4 is 14.9 Å². The van der Waals surface area contributed by atoms with Gasteiger partial charge in [0, 0.05) is 5.56 Å². The fourth-order valence-corrected chi connectivity index (χ4v) is 2.81. The van der Waals surface area contributed by atoms with E-state index in [-0.39, 0.29) is 23.7 Å². The number of hydrogen-bond donors (Lipinski definition) is 1. The molecule has 4 rings (SSSR count). The van der Waals surface area contributed by atoms with Crippen molar-refractivity contribution in [3.63, 3.8) is 0 Å². The number of nitrogens with one attached hydrogen (secondary N) is 1. The molecule has 2 aromatic carbocycles. The Morgan fingerprint density at radius 2 is 1.87 bits per heavy atom. The summed E-state index contributed by atoms with van der Waals surface area (Å²) in [6, 6.07) is 14.8. The Morgan fingerprint density at radius 3 is 2.67 bits per heavy atom. The zero-order chi connectivity index (χ0) is 21.1. The average Bonchev–Trinajstić information content (AvgIpc) is 3.22. The van der Waals surface area contributed by atoms with Gasteiger partial charge in [0.05, 0.1) is 11.8 Å². The van der Waals surface area contributed by atoms with Crippen LogP contribution in [0.5, 0.6) is 11.5 Å². The molecule has 0 spiro atoms. The third-order valence-electron chi connectivity index (χ3n) is 4.27. The normalized spacial score (nSPS) is 15.9. The molecule has 154 valence electrons. The predicted molar refractivity (Wildman–Crippen MR) is 101 cm³/mol. The summed E-state index contributed by atoms with van der Waals surface area (Å²) in [6.45, 7) is 0.0405. The molecule has 0 unspecified atom stereocenters. The van der Waals surface area contributed by atoms with Crippen LogP contribution >= 0.6 is 0 Å². The van der Waals surface area contributed by atoms with E-state index in [0.717, 1.165) is 12.1 Å². The number of rotatable bonds is 4. The number of fused-ring (bicyclic) bond motifs is 1. The maximum atomic E-state index is 12.9. The Kier molecular flexibility index (Phi) is 5.18. The first-order valence-corrected chi connectivity index (χ1v) is 8.89. The van der Waals surface area contributed by atoms with Gasteiger partial charge in [-0.15, -0.1) is 0 Å². The second-order valence-corrected chi connectivity index (χ2v) is 6.38. The Balaban J connectivity index is 1.38. The monoisotopic (exact) mass is 416 g/mol. The number of carbonyl (C=O) groups excluding carboxylic acids is 1. The summed E-state index contributed by atoms with van der Waals surface area (Å²) in [4.78, 5) is 12.2. The van der Waals surface area contributed by atoms with Gasteiger partial charge in [-0.25, -0.2) is 5.43 Å². The van der Waals surface area contributed by atoms with Crippen molar-refractivity contribution >= 4 is 12.1 Å². The topological polar surface area (TPSA) is 73.1 Å². The highest BCUT2D eigenvalue weighted by Gasteiger charge is 2.30. The molecule has 1 aromatic heterocycles. The van der Waals surface area contributed by atoms with Crippen molar-refractivity contribution in [1.29, 1.82) is 0 Å². The SMILES string of the molecule is O=C(NN=Cc1ccc(-c2cccc(C(F)(F)F)c2)o1)[C@@H]1COc2ccccc2O1. The van der Waals surface area contributed by atoms with Crippen molar-refractivity contribution in [1.82, 2.24) is 5.43 Å². The van der Waals surface area contributed by atoms with Gasteiger partial charge >= 0.3 is 6.18 Å². The standard InChI is InChI=1S/C21H15F3N2O4/c22-21(23,24)14-5-3-4-13(10-14)16-9-8-15(29-16)11-25-26-20(27)19-12-28-17-6-1-2-7-18(17)30-19/h1-11,19H,12H2,(H,26,27)/t19-/m0/s1. The number of hydrazone groups is 1. The Labute approximate surface area is 168 Å². The Morgan fingerprint density at radius 1 is 1.07 bits per heavy atom. The summed E-state index contributed by atoms with van der Waals surface area (Å²) in [5.74, 6) is 1.01. The fraction of sp³-hybridized carbons (Fsp3) is 0.143. The summed E-state index contributed by atoms with van der Waals surface area (Å²) in [6.07, 6.45) is -4.07. The fourth-order valence-electron chi connectivity index (χ4n) is 2.81. The summed E-state index contributed by atoms with van der Waals surface area (Å²) in [5.41, 5.74) is 1.84. The maximum absolute atomic E-state index is 12.9. The van der Waals surface area contributed by atoms with E-state index in [9.17, 15) is 18.0 Å². The highest BCUT2D eigenvalue weighted by atomic mass is 19.4. The van der Waals surface area contributed by atoms with Crippen LogP contribution in [0.2, 0.25) is 0 Å². The van der Waals surface area contributed by atoms with Gasteiger partial charge in [-0.1, -0.05) is 24.3 Å². The van der Waals surface area contributed by atoms with Crippen molar-refractivity contribution < 1.29 is 31.9 Å². The molecular weight excluding hydrogens is 401 g/mol. The first-order valence-electron chi connectivity index (χ1n) is 8.89. The molecule has 6 nitrogen and oxygen atoms in total. The average molecular weight is 416 g/mol. The molecule has 0 bridgehead atoms. The van der Waals surface area contributed by atoms with Gasteiger partial charge in [0.15, 0.2) is 11.5 Å². The number of amides is 1. The molecule has 1 aliphatic rings. The van der Waals surface area contributed by atoms with Crippen LogP contribution in [-0.2, 0) is 11.0 Å². The molecule has 2 heterocycles. The quantitative estimate of drug-likeness (QED) is 0.510. The molecule has 0 fully saturated rings. The minimum Gasteiger partial charge on any atom is -0.485 e. The van der Waals surface area contributed by atoms with E-state index in [1.165, 1.54) is 30.5 Å². The number of alkyl halides is 3. The highest BCUT2D eigenvalue weighted by molar-refractivity contribution is 5.84. The number of nitrogens with zero attached hydrogens (tertiary/aromatic N) is 1. The van der Waals surface area contributed by atoms with Crippen LogP contribution in [-0.4, -0.2) is 24.8 Å². The van der Waals surface area contributed by atoms with Gasteiger partial charge in [-0.05, 0) is 36.4 Å². The molecule has 0 radical (unpaired) electrons. The molecule has 1 N–H and O–H groups in total. The van der Waals surface area contributed by atoms with Crippen LogP contribution in [0.25, 0.3) is 11.3 Å². The Bertz CT molecular complexity index is 1090. The van der Waals surface area contributed by atoms with Gasteiger partial charge < -0.3 is 13.9 Å². The van der Waals surface area contributed by atoms with Gasteiger partial charge in [-0.3, -0.25) is 4.79 Å². The van der Waals surface area contributed by atoms with Gasteiger partial charge in [0.2, 0.25) is 6.10 Å². The van der Waals surface area contributed by atoms with Crippen molar-refractivity contribution in [2.45, 2.75) is 12.3 Å². The molecule has 0 saturated heterocycles. The summed E-state index contributed by atoms with van der Waals surface area (Å²) >= 11 is 0. The van der Waals surface area contributed by atoms with Crippen LogP contribution in [0.3, 0.4) is 0 Å². The van der Waals surface area contributed by atoms with E-state index >= 15 is 0 Å². The van der Waals surface area contributed by atoms with Crippen LogP contribution in [0.4, 0.5) is 13.2 Å². The maximum Gasteiger partial charge on any atom is 0.416 e. The number of halogens is 3. The third kappa shape index (κ3) is 4.29. The molecule has 1 amide bonds. The number of ether oxygens (including phenoxy) is 2. The van der Waals surface area contributed by atoms with E-state index in [0.29, 0.717) is 11.5 Å². The molecule has 0 aliphatic carbocycles. The predicted octanol–water partition coefficient (Wildman–Crippen LogP) is 4.26. The van der Waals surface area contributed by atoms with Gasteiger partial charge in [0.25, 0.3) is 5.91 Å². The highest BCUT2D eigenvalue weighted by Crippen LogP contribution is 2.33. The number of benzene rings is 2. The number of hydrogen-bond acceptors (Lipinski definition) is 5. The number of furan rings is 1. The number of para-hydroxylation sites is 2.